The predicted molar refractivity (Wildman–Crippen MR) is 113 cm³/mol. The van der Waals surface area contributed by atoms with E-state index < -0.39 is 29.0 Å². The van der Waals surface area contributed by atoms with E-state index in [0.29, 0.717) is 16.3 Å². The van der Waals surface area contributed by atoms with Gasteiger partial charge in [-0.25, -0.2) is 9.78 Å². The molecule has 0 saturated carbocycles. The lowest BCUT2D eigenvalue weighted by Gasteiger charge is -2.27. The lowest BCUT2D eigenvalue weighted by atomic mass is 10.1. The van der Waals surface area contributed by atoms with Crippen LogP contribution in [0.15, 0.2) is 29.6 Å². The van der Waals surface area contributed by atoms with Crippen LogP contribution in [0, 0.1) is 0 Å². The number of amides is 2. The third-order valence-corrected chi connectivity index (χ3v) is 4.82. The Balaban J connectivity index is 1.95. The lowest BCUT2D eigenvalue weighted by Crippen LogP contribution is -2.52. The van der Waals surface area contributed by atoms with Crippen LogP contribution in [0.25, 0.3) is 10.6 Å². The molecule has 1 aromatic carbocycles. The fraction of sp³-hybridized carbons (Fsp3) is 0.476. The average Bonchev–Trinajstić information content (AvgIpc) is 3.06. The van der Waals surface area contributed by atoms with E-state index in [1.807, 2.05) is 0 Å². The summed E-state index contributed by atoms with van der Waals surface area (Å²) in [5.41, 5.74) is -1.33. The predicted octanol–water partition coefficient (Wildman–Crippen LogP) is 4.79. The molecule has 0 bridgehead atoms. The van der Waals surface area contributed by atoms with Gasteiger partial charge >= 0.3 is 12.3 Å². The van der Waals surface area contributed by atoms with Gasteiger partial charge in [-0.1, -0.05) is 12.1 Å². The third kappa shape index (κ3) is 8.20. The van der Waals surface area contributed by atoms with Crippen molar-refractivity contribution in [3.8, 4) is 10.6 Å². The fourth-order valence-corrected chi connectivity index (χ4v) is 3.40. The molecule has 0 saturated heterocycles. The van der Waals surface area contributed by atoms with Gasteiger partial charge in [-0.3, -0.25) is 4.79 Å². The maximum absolute atomic E-state index is 12.9. The summed E-state index contributed by atoms with van der Waals surface area (Å²) in [6, 6.07) is 4.91. The standard InChI is InChI=1S/C21H26F3N3O3S/c1-19(2,3)30-18(29)25-12-20(4,5)27-16(28)10-15-11-31-17(26-15)13-7-6-8-14(9-13)21(22,23)24/h6-9,11H,10,12H2,1-5H3,(H,25,29)(H,27,28). The van der Waals surface area contributed by atoms with E-state index in [-0.39, 0.29) is 18.9 Å². The van der Waals surface area contributed by atoms with Crippen LogP contribution < -0.4 is 10.6 Å². The maximum Gasteiger partial charge on any atom is 0.416 e. The largest absolute Gasteiger partial charge is 0.444 e. The first kappa shape index (κ1) is 24.6. The van der Waals surface area contributed by atoms with Gasteiger partial charge in [0.05, 0.1) is 23.2 Å². The molecule has 31 heavy (non-hydrogen) atoms. The first-order valence-electron chi connectivity index (χ1n) is 9.54. The van der Waals surface area contributed by atoms with Gasteiger partial charge in [-0.15, -0.1) is 11.3 Å². The van der Waals surface area contributed by atoms with Gasteiger partial charge in [0.25, 0.3) is 0 Å². The SMILES string of the molecule is CC(C)(CNC(=O)OC(C)(C)C)NC(=O)Cc1csc(-c2cccc(C(F)(F)F)c2)n1. The minimum Gasteiger partial charge on any atom is -0.444 e. The zero-order chi connectivity index (χ0) is 23.4. The van der Waals surface area contributed by atoms with Gasteiger partial charge in [-0.2, -0.15) is 13.2 Å². The van der Waals surface area contributed by atoms with E-state index >= 15 is 0 Å². The van der Waals surface area contributed by atoms with E-state index in [4.69, 9.17) is 4.74 Å². The molecule has 0 aliphatic carbocycles. The van der Waals surface area contributed by atoms with Gasteiger partial charge < -0.3 is 15.4 Å². The average molecular weight is 458 g/mol. The van der Waals surface area contributed by atoms with Crippen molar-refractivity contribution in [2.75, 3.05) is 6.54 Å². The van der Waals surface area contributed by atoms with Crippen molar-refractivity contribution < 1.29 is 27.5 Å². The van der Waals surface area contributed by atoms with Crippen LogP contribution in [0.1, 0.15) is 45.9 Å². The van der Waals surface area contributed by atoms with Crippen LogP contribution in [0.4, 0.5) is 18.0 Å². The molecule has 2 amide bonds. The molecule has 0 aliphatic heterocycles. The maximum atomic E-state index is 12.9. The number of ether oxygens (including phenoxy) is 1. The molecule has 0 radical (unpaired) electrons. The highest BCUT2D eigenvalue weighted by molar-refractivity contribution is 7.13. The molecular formula is C21H26F3N3O3S. The zero-order valence-corrected chi connectivity index (χ0v) is 18.8. The topological polar surface area (TPSA) is 80.3 Å². The minimum atomic E-state index is -4.44. The quantitative estimate of drug-likeness (QED) is 0.654. The van der Waals surface area contributed by atoms with E-state index in [1.54, 1.807) is 46.1 Å². The van der Waals surface area contributed by atoms with Crippen LogP contribution in [0.5, 0.6) is 0 Å². The van der Waals surface area contributed by atoms with Crippen molar-refractivity contribution in [2.45, 2.75) is 58.4 Å². The summed E-state index contributed by atoms with van der Waals surface area (Å²) >= 11 is 1.17. The number of hydrogen-bond acceptors (Lipinski definition) is 5. The molecule has 0 atom stereocenters. The second kappa shape index (κ2) is 9.25. The summed E-state index contributed by atoms with van der Waals surface area (Å²) in [5.74, 6) is -0.322. The van der Waals surface area contributed by atoms with E-state index in [0.717, 1.165) is 12.1 Å². The van der Waals surface area contributed by atoms with Crippen LogP contribution in [-0.4, -0.2) is 34.7 Å². The van der Waals surface area contributed by atoms with Crippen molar-refractivity contribution >= 4 is 23.3 Å². The summed E-state index contributed by atoms with van der Waals surface area (Å²) < 4.78 is 43.9. The Morgan fingerprint density at radius 2 is 1.81 bits per heavy atom. The highest BCUT2D eigenvalue weighted by Gasteiger charge is 2.30. The number of nitrogens with zero attached hydrogens (tertiary/aromatic N) is 1. The number of halogens is 3. The molecular weight excluding hydrogens is 431 g/mol. The van der Waals surface area contributed by atoms with E-state index in [2.05, 4.69) is 15.6 Å². The van der Waals surface area contributed by atoms with Crippen molar-refractivity contribution in [3.63, 3.8) is 0 Å². The first-order chi connectivity index (χ1) is 14.1. The number of alkyl halides is 3. The number of benzene rings is 1. The van der Waals surface area contributed by atoms with Crippen molar-refractivity contribution in [1.29, 1.82) is 0 Å². The zero-order valence-electron chi connectivity index (χ0n) is 18.0. The summed E-state index contributed by atoms with van der Waals surface area (Å²) in [4.78, 5) is 28.5. The number of aromatic nitrogens is 1. The molecule has 0 unspecified atom stereocenters. The number of carbonyl (C=O) groups is 2. The van der Waals surface area contributed by atoms with Crippen LogP contribution in [-0.2, 0) is 22.1 Å². The monoisotopic (exact) mass is 457 g/mol. The third-order valence-electron chi connectivity index (χ3n) is 3.88. The molecule has 2 N–H and O–H groups in total. The second-order valence-electron chi connectivity index (χ2n) is 8.69. The van der Waals surface area contributed by atoms with E-state index in [1.165, 1.54) is 17.4 Å². The molecule has 6 nitrogen and oxygen atoms in total. The van der Waals surface area contributed by atoms with E-state index in [9.17, 15) is 22.8 Å². The molecule has 170 valence electrons. The lowest BCUT2D eigenvalue weighted by molar-refractivity contribution is -0.137. The second-order valence-corrected chi connectivity index (χ2v) is 9.54. The Bertz CT molecular complexity index is 934. The molecule has 2 aromatic rings. The number of thiazole rings is 1. The van der Waals surface area contributed by atoms with Crippen molar-refractivity contribution in [3.05, 3.63) is 40.9 Å². The molecule has 0 spiro atoms. The van der Waals surface area contributed by atoms with Gasteiger partial charge in [0, 0.05) is 17.5 Å². The number of hydrogen-bond donors (Lipinski definition) is 2. The number of rotatable bonds is 6. The smallest absolute Gasteiger partial charge is 0.416 e. The Morgan fingerprint density at radius 1 is 1.13 bits per heavy atom. The number of carbonyl (C=O) groups excluding carboxylic acids is 2. The Kier molecular flexibility index (Phi) is 7.36. The van der Waals surface area contributed by atoms with Crippen LogP contribution in [0.3, 0.4) is 0 Å². The van der Waals surface area contributed by atoms with Gasteiger partial charge in [0.2, 0.25) is 5.91 Å². The summed E-state index contributed by atoms with van der Waals surface area (Å²) in [6.45, 7) is 8.90. The normalized spacial score (nSPS) is 12.4. The molecule has 0 aliphatic rings. The van der Waals surface area contributed by atoms with Gasteiger partial charge in [0.15, 0.2) is 0 Å². The number of alkyl carbamates (subject to hydrolysis) is 1. The molecule has 1 aromatic heterocycles. The molecule has 2 rings (SSSR count). The van der Waals surface area contributed by atoms with Crippen LogP contribution >= 0.6 is 11.3 Å². The van der Waals surface area contributed by atoms with Gasteiger partial charge in [0.1, 0.15) is 10.6 Å². The first-order valence-corrected chi connectivity index (χ1v) is 10.4. The van der Waals surface area contributed by atoms with Crippen molar-refractivity contribution in [1.82, 2.24) is 15.6 Å². The fourth-order valence-electron chi connectivity index (χ4n) is 2.59. The highest BCUT2D eigenvalue weighted by Crippen LogP contribution is 2.33. The minimum absolute atomic E-state index is 0.0364. The summed E-state index contributed by atoms with van der Waals surface area (Å²) in [7, 11) is 0. The molecule has 0 fully saturated rings. The Morgan fingerprint density at radius 3 is 2.42 bits per heavy atom. The van der Waals surface area contributed by atoms with Gasteiger partial charge in [-0.05, 0) is 46.8 Å². The molecule has 1 heterocycles. The molecule has 10 heteroatoms. The van der Waals surface area contributed by atoms with Crippen LogP contribution in [0.2, 0.25) is 0 Å². The summed E-state index contributed by atoms with van der Waals surface area (Å²) in [6.07, 6.45) is -5.06. The number of nitrogens with one attached hydrogen (secondary N) is 2. The highest BCUT2D eigenvalue weighted by atomic mass is 32.1. The Labute approximate surface area is 183 Å². The Hall–Kier alpha value is -2.62. The van der Waals surface area contributed by atoms with Crippen molar-refractivity contribution in [2.24, 2.45) is 0 Å². The summed E-state index contributed by atoms with van der Waals surface area (Å²) in [5, 5.41) is 7.46.